The van der Waals surface area contributed by atoms with Gasteiger partial charge in [0.2, 0.25) is 0 Å². The maximum absolute atomic E-state index is 5.44. The van der Waals surface area contributed by atoms with Gasteiger partial charge in [-0.05, 0) is 5.56 Å². The maximum Gasteiger partial charge on any atom is 0.160 e. The van der Waals surface area contributed by atoms with E-state index in [4.69, 9.17) is 9.47 Å². The number of ether oxygens (including phenoxy) is 2. The molecule has 1 aromatic rings. The summed E-state index contributed by atoms with van der Waals surface area (Å²) in [4.78, 5) is 0. The number of hydrogen-bond acceptors (Lipinski definition) is 2. The van der Waals surface area contributed by atoms with E-state index in [2.05, 4.69) is 12.1 Å². The van der Waals surface area contributed by atoms with Crippen molar-refractivity contribution >= 4 is 0 Å². The van der Waals surface area contributed by atoms with Crippen LogP contribution in [0, 0.1) is 0 Å². The van der Waals surface area contributed by atoms with Crippen molar-refractivity contribution < 1.29 is 9.47 Å². The highest BCUT2D eigenvalue weighted by Gasteiger charge is 2.17. The first-order chi connectivity index (χ1) is 5.95. The van der Waals surface area contributed by atoms with Crippen LogP contribution in [-0.2, 0) is 16.1 Å². The Morgan fingerprint density at radius 2 is 2.08 bits per heavy atom. The van der Waals surface area contributed by atoms with Gasteiger partial charge in [-0.1, -0.05) is 30.3 Å². The summed E-state index contributed by atoms with van der Waals surface area (Å²) < 4.78 is 10.6. The molecular formula is C10H12O2. The van der Waals surface area contributed by atoms with Gasteiger partial charge in [-0.3, -0.25) is 0 Å². The van der Waals surface area contributed by atoms with Crippen LogP contribution in [0.25, 0.3) is 0 Å². The second-order valence-electron chi connectivity index (χ2n) is 2.89. The molecule has 1 aliphatic heterocycles. The lowest BCUT2D eigenvalue weighted by Gasteiger charge is -2.26. The zero-order valence-electron chi connectivity index (χ0n) is 6.90. The first-order valence-electron chi connectivity index (χ1n) is 4.22. The van der Waals surface area contributed by atoms with Crippen LogP contribution in [0.2, 0.25) is 0 Å². The van der Waals surface area contributed by atoms with Gasteiger partial charge in [0, 0.05) is 6.42 Å². The van der Waals surface area contributed by atoms with Crippen molar-refractivity contribution in [2.75, 3.05) is 6.61 Å². The van der Waals surface area contributed by atoms with Gasteiger partial charge in [0.1, 0.15) is 0 Å². The maximum atomic E-state index is 5.44. The molecule has 64 valence electrons. The van der Waals surface area contributed by atoms with E-state index >= 15 is 0 Å². The SMILES string of the molecule is c1ccc(COC2CCO2)cc1. The molecule has 1 unspecified atom stereocenters. The van der Waals surface area contributed by atoms with Crippen LogP contribution in [0.4, 0.5) is 0 Å². The normalized spacial score (nSPS) is 21.8. The fourth-order valence-electron chi connectivity index (χ4n) is 1.11. The predicted octanol–water partition coefficient (Wildman–Crippen LogP) is 1.95. The summed E-state index contributed by atoms with van der Waals surface area (Å²) in [5.41, 5.74) is 1.20. The quantitative estimate of drug-likeness (QED) is 0.679. The standard InChI is InChI=1S/C10H12O2/c1-2-4-9(5-3-1)8-12-10-6-7-11-10/h1-5,10H,6-8H2. The van der Waals surface area contributed by atoms with E-state index in [9.17, 15) is 0 Å². The van der Waals surface area contributed by atoms with Gasteiger partial charge in [-0.2, -0.15) is 0 Å². The summed E-state index contributed by atoms with van der Waals surface area (Å²) in [5, 5.41) is 0. The largest absolute Gasteiger partial charge is 0.352 e. The zero-order valence-corrected chi connectivity index (χ0v) is 6.90. The molecule has 0 radical (unpaired) electrons. The summed E-state index contributed by atoms with van der Waals surface area (Å²) in [6.45, 7) is 1.50. The van der Waals surface area contributed by atoms with Gasteiger partial charge in [0.25, 0.3) is 0 Å². The summed E-state index contributed by atoms with van der Waals surface area (Å²) in [6.07, 6.45) is 1.08. The Bertz CT molecular complexity index is 229. The molecule has 0 aliphatic carbocycles. The Balaban J connectivity index is 1.79. The minimum absolute atomic E-state index is 0.0465. The molecule has 2 nitrogen and oxygen atoms in total. The lowest BCUT2D eigenvalue weighted by atomic mass is 10.2. The lowest BCUT2D eigenvalue weighted by molar-refractivity contribution is -0.220. The molecule has 0 saturated carbocycles. The minimum Gasteiger partial charge on any atom is -0.352 e. The topological polar surface area (TPSA) is 18.5 Å². The molecule has 1 aromatic carbocycles. The third kappa shape index (κ3) is 1.84. The number of benzene rings is 1. The van der Waals surface area contributed by atoms with E-state index in [0.717, 1.165) is 13.0 Å². The van der Waals surface area contributed by atoms with Crippen molar-refractivity contribution in [3.8, 4) is 0 Å². The molecule has 0 N–H and O–H groups in total. The van der Waals surface area contributed by atoms with Crippen molar-refractivity contribution in [1.29, 1.82) is 0 Å². The zero-order chi connectivity index (χ0) is 8.23. The summed E-state index contributed by atoms with van der Waals surface area (Å²) in [7, 11) is 0. The van der Waals surface area contributed by atoms with Crippen LogP contribution >= 0.6 is 0 Å². The highest BCUT2D eigenvalue weighted by atomic mass is 16.7. The molecule has 2 rings (SSSR count). The van der Waals surface area contributed by atoms with Crippen molar-refractivity contribution in [2.24, 2.45) is 0 Å². The van der Waals surface area contributed by atoms with E-state index in [0.29, 0.717) is 6.61 Å². The van der Waals surface area contributed by atoms with Gasteiger partial charge >= 0.3 is 0 Å². The fourth-order valence-corrected chi connectivity index (χ4v) is 1.11. The van der Waals surface area contributed by atoms with Gasteiger partial charge in [0.05, 0.1) is 13.2 Å². The second kappa shape index (κ2) is 3.70. The molecule has 2 heteroatoms. The van der Waals surface area contributed by atoms with E-state index < -0.39 is 0 Å². The molecule has 1 fully saturated rings. The lowest BCUT2D eigenvalue weighted by Crippen LogP contribution is -2.29. The van der Waals surface area contributed by atoms with E-state index in [1.807, 2.05) is 18.2 Å². The first-order valence-corrected chi connectivity index (χ1v) is 4.22. The summed E-state index contributed by atoms with van der Waals surface area (Å²) >= 11 is 0. The summed E-state index contributed by atoms with van der Waals surface area (Å²) in [5.74, 6) is 0. The molecule has 1 heterocycles. The Kier molecular flexibility index (Phi) is 2.39. The molecule has 0 spiro atoms. The molecule has 0 aromatic heterocycles. The average Bonchev–Trinajstić information content (AvgIpc) is 2.04. The van der Waals surface area contributed by atoms with Crippen LogP contribution in [-0.4, -0.2) is 12.9 Å². The number of hydrogen-bond donors (Lipinski definition) is 0. The molecule has 1 atom stereocenters. The molecule has 12 heavy (non-hydrogen) atoms. The van der Waals surface area contributed by atoms with Gasteiger partial charge in [-0.25, -0.2) is 0 Å². The van der Waals surface area contributed by atoms with Gasteiger partial charge in [-0.15, -0.1) is 0 Å². The second-order valence-corrected chi connectivity index (χ2v) is 2.89. The first kappa shape index (κ1) is 7.77. The average molecular weight is 164 g/mol. The van der Waals surface area contributed by atoms with E-state index in [-0.39, 0.29) is 6.29 Å². The molecule has 0 amide bonds. The van der Waals surface area contributed by atoms with Crippen LogP contribution < -0.4 is 0 Å². The third-order valence-corrected chi connectivity index (χ3v) is 1.94. The minimum atomic E-state index is 0.0465. The van der Waals surface area contributed by atoms with Gasteiger partial charge < -0.3 is 9.47 Å². The third-order valence-electron chi connectivity index (χ3n) is 1.94. The molecule has 0 bridgehead atoms. The Labute approximate surface area is 72.1 Å². The van der Waals surface area contributed by atoms with E-state index in [1.165, 1.54) is 5.56 Å². The predicted molar refractivity (Wildman–Crippen MR) is 45.6 cm³/mol. The Morgan fingerprint density at radius 3 is 2.67 bits per heavy atom. The molecular weight excluding hydrogens is 152 g/mol. The smallest absolute Gasteiger partial charge is 0.160 e. The van der Waals surface area contributed by atoms with Crippen LogP contribution in [0.15, 0.2) is 30.3 Å². The summed E-state index contributed by atoms with van der Waals surface area (Å²) in [6, 6.07) is 10.1. The van der Waals surface area contributed by atoms with Crippen LogP contribution in [0.1, 0.15) is 12.0 Å². The van der Waals surface area contributed by atoms with Crippen molar-refractivity contribution in [3.63, 3.8) is 0 Å². The highest BCUT2D eigenvalue weighted by molar-refractivity contribution is 5.13. The number of rotatable bonds is 3. The van der Waals surface area contributed by atoms with Crippen LogP contribution in [0.3, 0.4) is 0 Å². The van der Waals surface area contributed by atoms with Crippen molar-refractivity contribution in [2.45, 2.75) is 19.3 Å². The molecule has 1 saturated heterocycles. The Hall–Kier alpha value is -0.860. The van der Waals surface area contributed by atoms with E-state index in [1.54, 1.807) is 0 Å². The fraction of sp³-hybridized carbons (Fsp3) is 0.400. The van der Waals surface area contributed by atoms with Crippen molar-refractivity contribution in [1.82, 2.24) is 0 Å². The van der Waals surface area contributed by atoms with Crippen molar-refractivity contribution in [3.05, 3.63) is 35.9 Å². The monoisotopic (exact) mass is 164 g/mol. The Morgan fingerprint density at radius 1 is 1.33 bits per heavy atom. The molecule has 1 aliphatic rings. The highest BCUT2D eigenvalue weighted by Crippen LogP contribution is 2.14. The van der Waals surface area contributed by atoms with Gasteiger partial charge in [0.15, 0.2) is 6.29 Å². The van der Waals surface area contributed by atoms with Crippen LogP contribution in [0.5, 0.6) is 0 Å².